The van der Waals surface area contributed by atoms with Gasteiger partial charge in [-0.3, -0.25) is 20.3 Å². The molecule has 0 aliphatic heterocycles. The molecule has 152 valence electrons. The summed E-state index contributed by atoms with van der Waals surface area (Å²) in [4.78, 5) is 22.1. The van der Waals surface area contributed by atoms with Gasteiger partial charge in [0, 0.05) is 12.1 Å². The molecule has 0 saturated heterocycles. The van der Waals surface area contributed by atoms with E-state index in [0.717, 1.165) is 19.3 Å². The number of non-ortho nitro benzene ring substituents is 1. The molecule has 1 rings (SSSR count). The number of hydrogen-bond acceptors (Lipinski definition) is 5. The van der Waals surface area contributed by atoms with E-state index < -0.39 is 11.0 Å². The van der Waals surface area contributed by atoms with E-state index in [9.17, 15) is 14.9 Å². The summed E-state index contributed by atoms with van der Waals surface area (Å²) in [6.07, 6.45) is 12.0. The standard InChI is InChI=1S/C20H33N3O4/c1-2-3-4-5-6-7-8-9-10-11-12-19(20(24)22-21)27-18-15-13-17(14-16-18)23(25)26/h13-16,19H,2-12,21H2,1H3,(H,22,24)/t19-/m1/s1. The summed E-state index contributed by atoms with van der Waals surface area (Å²) in [6, 6.07) is 5.70. The second kappa shape index (κ2) is 14.0. The van der Waals surface area contributed by atoms with Crippen LogP contribution in [-0.2, 0) is 4.79 Å². The van der Waals surface area contributed by atoms with Crippen LogP contribution in [0.3, 0.4) is 0 Å². The van der Waals surface area contributed by atoms with Gasteiger partial charge in [0.25, 0.3) is 11.6 Å². The molecule has 0 unspecified atom stereocenters. The van der Waals surface area contributed by atoms with Crippen molar-refractivity contribution in [2.75, 3.05) is 0 Å². The van der Waals surface area contributed by atoms with Crippen LogP contribution in [-0.4, -0.2) is 16.9 Å². The Balaban J connectivity index is 2.28. The molecule has 1 aromatic rings. The van der Waals surface area contributed by atoms with Gasteiger partial charge in [-0.05, 0) is 25.0 Å². The number of nitro groups is 1. The van der Waals surface area contributed by atoms with E-state index in [0.29, 0.717) is 12.2 Å². The van der Waals surface area contributed by atoms with Crippen molar-refractivity contribution in [2.45, 2.75) is 83.7 Å². The first-order chi connectivity index (χ1) is 13.1. The number of hydrogen-bond donors (Lipinski definition) is 2. The predicted octanol–water partition coefficient (Wildman–Crippen LogP) is 4.64. The van der Waals surface area contributed by atoms with Crippen molar-refractivity contribution >= 4 is 11.6 Å². The molecule has 0 radical (unpaired) electrons. The molecule has 27 heavy (non-hydrogen) atoms. The number of nitrogens with zero attached hydrogens (tertiary/aromatic N) is 1. The van der Waals surface area contributed by atoms with Gasteiger partial charge in [-0.1, -0.05) is 64.7 Å². The lowest BCUT2D eigenvalue weighted by molar-refractivity contribution is -0.384. The molecule has 1 aromatic carbocycles. The smallest absolute Gasteiger partial charge is 0.274 e. The molecule has 0 aromatic heterocycles. The Labute approximate surface area is 161 Å². The average Bonchev–Trinajstić information content (AvgIpc) is 2.68. The summed E-state index contributed by atoms with van der Waals surface area (Å²) in [6.45, 7) is 2.23. The Kier molecular flexibility index (Phi) is 11.8. The lowest BCUT2D eigenvalue weighted by Gasteiger charge is -2.17. The predicted molar refractivity (Wildman–Crippen MR) is 106 cm³/mol. The van der Waals surface area contributed by atoms with Crippen molar-refractivity contribution in [3.63, 3.8) is 0 Å². The number of benzene rings is 1. The molecular formula is C20H33N3O4. The number of amides is 1. The van der Waals surface area contributed by atoms with Gasteiger partial charge in [0.05, 0.1) is 4.92 Å². The number of nitro benzene ring substituents is 1. The van der Waals surface area contributed by atoms with Crippen LogP contribution >= 0.6 is 0 Å². The van der Waals surface area contributed by atoms with Gasteiger partial charge in [0.2, 0.25) is 0 Å². The third-order valence-corrected chi connectivity index (χ3v) is 4.58. The third-order valence-electron chi connectivity index (χ3n) is 4.58. The van der Waals surface area contributed by atoms with Gasteiger partial charge >= 0.3 is 0 Å². The molecule has 0 bridgehead atoms. The van der Waals surface area contributed by atoms with Crippen LogP contribution in [0.4, 0.5) is 5.69 Å². The molecule has 1 atom stereocenters. The normalized spacial score (nSPS) is 11.8. The van der Waals surface area contributed by atoms with Crippen LogP contribution in [0.2, 0.25) is 0 Å². The second-order valence-electron chi connectivity index (χ2n) is 6.84. The fraction of sp³-hybridized carbons (Fsp3) is 0.650. The maximum Gasteiger partial charge on any atom is 0.274 e. The van der Waals surface area contributed by atoms with Gasteiger partial charge in [-0.25, -0.2) is 5.84 Å². The maximum atomic E-state index is 11.9. The SMILES string of the molecule is CCCCCCCCCCCC[C@@H](Oc1ccc([N+](=O)[O-])cc1)C(=O)NN. The fourth-order valence-corrected chi connectivity index (χ4v) is 2.96. The highest BCUT2D eigenvalue weighted by molar-refractivity contribution is 5.80. The molecule has 0 aliphatic rings. The van der Waals surface area contributed by atoms with Crippen LogP contribution in [0.25, 0.3) is 0 Å². The first-order valence-electron chi connectivity index (χ1n) is 10.00. The molecule has 1 amide bonds. The number of unbranched alkanes of at least 4 members (excludes halogenated alkanes) is 9. The summed E-state index contributed by atoms with van der Waals surface area (Å²) in [5.74, 6) is 5.27. The zero-order valence-electron chi connectivity index (χ0n) is 16.3. The number of carbonyl (C=O) groups is 1. The molecule has 0 heterocycles. The minimum Gasteiger partial charge on any atom is -0.481 e. The molecule has 0 fully saturated rings. The molecular weight excluding hydrogens is 346 g/mol. The highest BCUT2D eigenvalue weighted by Gasteiger charge is 2.19. The van der Waals surface area contributed by atoms with Gasteiger partial charge in [-0.2, -0.15) is 0 Å². The molecule has 0 spiro atoms. The van der Waals surface area contributed by atoms with Gasteiger partial charge in [0.15, 0.2) is 6.10 Å². The third kappa shape index (κ3) is 9.94. The number of nitrogens with two attached hydrogens (primary N) is 1. The largest absolute Gasteiger partial charge is 0.481 e. The first kappa shape index (κ1) is 22.9. The van der Waals surface area contributed by atoms with E-state index in [1.807, 2.05) is 0 Å². The first-order valence-corrected chi connectivity index (χ1v) is 10.00. The van der Waals surface area contributed by atoms with Gasteiger partial charge in [0.1, 0.15) is 5.75 Å². The van der Waals surface area contributed by atoms with Crippen molar-refractivity contribution in [2.24, 2.45) is 5.84 Å². The molecule has 7 heteroatoms. The maximum absolute atomic E-state index is 11.9. The summed E-state index contributed by atoms with van der Waals surface area (Å²) < 4.78 is 5.67. The van der Waals surface area contributed by atoms with E-state index >= 15 is 0 Å². The van der Waals surface area contributed by atoms with Crippen molar-refractivity contribution in [3.05, 3.63) is 34.4 Å². The van der Waals surface area contributed by atoms with Crippen molar-refractivity contribution in [1.29, 1.82) is 0 Å². The van der Waals surface area contributed by atoms with E-state index in [1.54, 1.807) is 0 Å². The topological polar surface area (TPSA) is 107 Å². The van der Waals surface area contributed by atoms with Gasteiger partial charge in [-0.15, -0.1) is 0 Å². The van der Waals surface area contributed by atoms with E-state index in [1.165, 1.54) is 69.2 Å². The lowest BCUT2D eigenvalue weighted by Crippen LogP contribution is -2.42. The van der Waals surface area contributed by atoms with Crippen LogP contribution in [0.15, 0.2) is 24.3 Å². The Morgan fingerprint density at radius 2 is 1.56 bits per heavy atom. The minimum atomic E-state index is -0.689. The Hall–Kier alpha value is -2.15. The monoisotopic (exact) mass is 379 g/mol. The number of nitrogens with one attached hydrogen (secondary N) is 1. The quantitative estimate of drug-likeness (QED) is 0.152. The summed E-state index contributed by atoms with van der Waals surface area (Å²) in [7, 11) is 0. The fourth-order valence-electron chi connectivity index (χ4n) is 2.96. The molecule has 3 N–H and O–H groups in total. The van der Waals surface area contributed by atoms with Crippen molar-refractivity contribution in [1.82, 2.24) is 5.43 Å². The minimum absolute atomic E-state index is 0.0168. The molecule has 7 nitrogen and oxygen atoms in total. The Bertz CT molecular complexity index is 549. The highest BCUT2D eigenvalue weighted by Crippen LogP contribution is 2.20. The van der Waals surface area contributed by atoms with E-state index in [4.69, 9.17) is 10.6 Å². The van der Waals surface area contributed by atoms with E-state index in [2.05, 4.69) is 12.3 Å². The zero-order valence-corrected chi connectivity index (χ0v) is 16.3. The second-order valence-corrected chi connectivity index (χ2v) is 6.84. The number of hydrazine groups is 1. The van der Waals surface area contributed by atoms with Crippen LogP contribution in [0.5, 0.6) is 5.75 Å². The summed E-state index contributed by atoms with van der Waals surface area (Å²) in [5, 5.41) is 10.7. The van der Waals surface area contributed by atoms with Crippen LogP contribution in [0.1, 0.15) is 77.6 Å². The average molecular weight is 380 g/mol. The molecule has 0 aliphatic carbocycles. The Morgan fingerprint density at radius 1 is 1.04 bits per heavy atom. The lowest BCUT2D eigenvalue weighted by atomic mass is 10.0. The van der Waals surface area contributed by atoms with E-state index in [-0.39, 0.29) is 11.6 Å². The van der Waals surface area contributed by atoms with Crippen LogP contribution in [0, 0.1) is 10.1 Å². The van der Waals surface area contributed by atoms with Crippen LogP contribution < -0.4 is 16.0 Å². The van der Waals surface area contributed by atoms with Gasteiger partial charge < -0.3 is 4.74 Å². The summed E-state index contributed by atoms with van der Waals surface area (Å²) >= 11 is 0. The number of rotatable bonds is 15. The van der Waals surface area contributed by atoms with Crippen molar-refractivity contribution in [3.8, 4) is 5.75 Å². The number of carbonyl (C=O) groups excluding carboxylic acids is 1. The van der Waals surface area contributed by atoms with Crippen molar-refractivity contribution < 1.29 is 14.5 Å². The zero-order chi connectivity index (χ0) is 19.9. The summed E-state index contributed by atoms with van der Waals surface area (Å²) in [5.41, 5.74) is 2.11. The number of ether oxygens (including phenoxy) is 1. The Morgan fingerprint density at radius 3 is 2.04 bits per heavy atom. The highest BCUT2D eigenvalue weighted by atomic mass is 16.6. The molecule has 0 saturated carbocycles.